The molecule has 3 rings (SSSR count). The van der Waals surface area contributed by atoms with Crippen LogP contribution in [0.15, 0.2) is 30.3 Å². The van der Waals surface area contributed by atoms with Gasteiger partial charge in [0.15, 0.2) is 0 Å². The van der Waals surface area contributed by atoms with Crippen LogP contribution in [0.1, 0.15) is 63.4 Å². The average Bonchev–Trinajstić information content (AvgIpc) is 2.72. The lowest BCUT2D eigenvalue weighted by Crippen LogP contribution is -2.48. The molecule has 27 heavy (non-hydrogen) atoms. The molecule has 1 amide bonds. The van der Waals surface area contributed by atoms with Crippen molar-refractivity contribution >= 4 is 5.91 Å². The summed E-state index contributed by atoms with van der Waals surface area (Å²) >= 11 is 0. The first kappa shape index (κ1) is 20.3. The molecule has 0 atom stereocenters. The Morgan fingerprint density at radius 1 is 0.926 bits per heavy atom. The van der Waals surface area contributed by atoms with E-state index in [0.717, 1.165) is 58.2 Å². The summed E-state index contributed by atoms with van der Waals surface area (Å²) in [6.45, 7) is 5.87. The van der Waals surface area contributed by atoms with Crippen LogP contribution in [0.3, 0.4) is 0 Å². The predicted octanol–water partition coefficient (Wildman–Crippen LogP) is 3.81. The number of piperazine rings is 1. The van der Waals surface area contributed by atoms with Gasteiger partial charge in [-0.25, -0.2) is 0 Å². The molecular weight excluding hydrogens is 334 g/mol. The molecule has 4 heteroatoms. The summed E-state index contributed by atoms with van der Waals surface area (Å²) < 4.78 is 0. The zero-order valence-electron chi connectivity index (χ0n) is 16.9. The number of nitrogens with one attached hydrogen (secondary N) is 1. The molecule has 1 saturated carbocycles. The topological polar surface area (TPSA) is 35.6 Å². The van der Waals surface area contributed by atoms with Gasteiger partial charge in [-0.1, -0.05) is 56.0 Å². The fraction of sp³-hybridized carbons (Fsp3) is 0.696. The largest absolute Gasteiger partial charge is 0.340 e. The molecule has 4 nitrogen and oxygen atoms in total. The first-order valence-electron chi connectivity index (χ1n) is 11.1. The van der Waals surface area contributed by atoms with Gasteiger partial charge in [0.1, 0.15) is 0 Å². The second kappa shape index (κ2) is 11.5. The van der Waals surface area contributed by atoms with Crippen molar-refractivity contribution in [2.75, 3.05) is 32.7 Å². The lowest BCUT2D eigenvalue weighted by molar-refractivity contribution is -0.133. The Morgan fingerprint density at radius 3 is 2.41 bits per heavy atom. The maximum atomic E-state index is 12.4. The highest BCUT2D eigenvalue weighted by Gasteiger charge is 2.20. The molecule has 2 aliphatic rings. The maximum absolute atomic E-state index is 12.4. The van der Waals surface area contributed by atoms with Gasteiger partial charge >= 0.3 is 0 Å². The van der Waals surface area contributed by atoms with Gasteiger partial charge in [-0.3, -0.25) is 9.69 Å². The molecule has 150 valence electrons. The van der Waals surface area contributed by atoms with Gasteiger partial charge in [-0.05, 0) is 37.8 Å². The van der Waals surface area contributed by atoms with Crippen LogP contribution in [0.2, 0.25) is 0 Å². The van der Waals surface area contributed by atoms with E-state index >= 15 is 0 Å². The highest BCUT2D eigenvalue weighted by molar-refractivity contribution is 5.76. The Hall–Kier alpha value is -1.39. The highest BCUT2D eigenvalue weighted by atomic mass is 16.2. The molecule has 0 unspecified atom stereocenters. The van der Waals surface area contributed by atoms with Gasteiger partial charge in [0.05, 0.1) is 0 Å². The second-order valence-electron chi connectivity index (χ2n) is 8.24. The van der Waals surface area contributed by atoms with Gasteiger partial charge in [0.25, 0.3) is 0 Å². The molecule has 1 saturated heterocycles. The van der Waals surface area contributed by atoms with Crippen LogP contribution in [0.25, 0.3) is 0 Å². The van der Waals surface area contributed by atoms with Crippen LogP contribution in [-0.2, 0) is 11.3 Å². The Labute approximate surface area is 165 Å². The molecule has 1 aromatic rings. The van der Waals surface area contributed by atoms with E-state index in [-0.39, 0.29) is 0 Å². The van der Waals surface area contributed by atoms with Crippen molar-refractivity contribution in [2.24, 2.45) is 0 Å². The van der Waals surface area contributed by atoms with Crippen LogP contribution in [0.4, 0.5) is 0 Å². The van der Waals surface area contributed by atoms with Gasteiger partial charge in [0, 0.05) is 45.2 Å². The summed E-state index contributed by atoms with van der Waals surface area (Å²) in [5, 5.41) is 3.70. The number of unbranched alkanes of at least 4 members (excludes halogenated alkanes) is 2. The Kier molecular flexibility index (Phi) is 8.63. The van der Waals surface area contributed by atoms with Crippen molar-refractivity contribution in [3.63, 3.8) is 0 Å². The van der Waals surface area contributed by atoms with Crippen LogP contribution < -0.4 is 5.32 Å². The molecular formula is C23H37N3O. The smallest absolute Gasteiger partial charge is 0.222 e. The number of amides is 1. The van der Waals surface area contributed by atoms with Crippen molar-refractivity contribution in [1.82, 2.24) is 15.1 Å². The standard InChI is InChI=1S/C23H37N3O/c27-23(14-8-3-9-15-24-22-12-6-2-7-13-22)26-18-16-25(17-19-26)20-21-10-4-1-5-11-21/h1,4-5,10-11,22,24H,2-3,6-9,12-20H2. The highest BCUT2D eigenvalue weighted by Crippen LogP contribution is 2.17. The number of benzene rings is 1. The first-order valence-corrected chi connectivity index (χ1v) is 11.1. The minimum Gasteiger partial charge on any atom is -0.340 e. The van der Waals surface area contributed by atoms with E-state index in [4.69, 9.17) is 0 Å². The summed E-state index contributed by atoms with van der Waals surface area (Å²) in [4.78, 5) is 17.0. The normalized spacial score (nSPS) is 19.3. The minimum absolute atomic E-state index is 0.356. The monoisotopic (exact) mass is 371 g/mol. The maximum Gasteiger partial charge on any atom is 0.222 e. The second-order valence-corrected chi connectivity index (χ2v) is 8.24. The predicted molar refractivity (Wildman–Crippen MR) is 112 cm³/mol. The number of hydrogen-bond donors (Lipinski definition) is 1. The lowest BCUT2D eigenvalue weighted by Gasteiger charge is -2.34. The molecule has 1 aliphatic carbocycles. The molecule has 2 fully saturated rings. The van der Waals surface area contributed by atoms with Crippen molar-refractivity contribution in [1.29, 1.82) is 0 Å². The van der Waals surface area contributed by atoms with Crippen LogP contribution in [0, 0.1) is 0 Å². The van der Waals surface area contributed by atoms with E-state index < -0.39 is 0 Å². The number of nitrogens with zero attached hydrogens (tertiary/aromatic N) is 2. The fourth-order valence-electron chi connectivity index (χ4n) is 4.35. The van der Waals surface area contributed by atoms with Crippen molar-refractivity contribution in [2.45, 2.75) is 70.4 Å². The zero-order valence-corrected chi connectivity index (χ0v) is 16.9. The zero-order chi connectivity index (χ0) is 18.7. The number of rotatable bonds is 9. The van der Waals surface area contributed by atoms with Gasteiger partial charge < -0.3 is 10.2 Å². The summed E-state index contributed by atoms with van der Waals surface area (Å²) in [6.07, 6.45) is 11.0. The summed E-state index contributed by atoms with van der Waals surface area (Å²) in [6, 6.07) is 11.4. The molecule has 1 aromatic carbocycles. The molecule has 0 radical (unpaired) electrons. The van der Waals surface area contributed by atoms with E-state index in [1.807, 2.05) is 0 Å². The van der Waals surface area contributed by atoms with Gasteiger partial charge in [0.2, 0.25) is 5.91 Å². The molecule has 1 heterocycles. The Balaban J connectivity index is 1.22. The van der Waals surface area contributed by atoms with Crippen LogP contribution >= 0.6 is 0 Å². The quantitative estimate of drug-likeness (QED) is 0.671. The summed E-state index contributed by atoms with van der Waals surface area (Å²) in [5.41, 5.74) is 1.36. The third-order valence-corrected chi connectivity index (χ3v) is 6.08. The van der Waals surface area contributed by atoms with Crippen LogP contribution in [-0.4, -0.2) is 54.5 Å². The third-order valence-electron chi connectivity index (χ3n) is 6.08. The van der Waals surface area contributed by atoms with E-state index in [1.54, 1.807) is 0 Å². The fourth-order valence-corrected chi connectivity index (χ4v) is 4.35. The molecule has 0 aromatic heterocycles. The lowest BCUT2D eigenvalue weighted by atomic mass is 9.95. The molecule has 0 bridgehead atoms. The Bertz CT molecular complexity index is 534. The van der Waals surface area contributed by atoms with E-state index in [0.29, 0.717) is 5.91 Å². The van der Waals surface area contributed by atoms with Gasteiger partial charge in [-0.2, -0.15) is 0 Å². The molecule has 1 N–H and O–H groups in total. The van der Waals surface area contributed by atoms with E-state index in [1.165, 1.54) is 50.5 Å². The molecule has 0 spiro atoms. The average molecular weight is 372 g/mol. The van der Waals surface area contributed by atoms with E-state index in [2.05, 4.69) is 45.4 Å². The third kappa shape index (κ3) is 7.27. The van der Waals surface area contributed by atoms with Crippen LogP contribution in [0.5, 0.6) is 0 Å². The number of carbonyl (C=O) groups is 1. The summed E-state index contributed by atoms with van der Waals surface area (Å²) in [5.74, 6) is 0.356. The summed E-state index contributed by atoms with van der Waals surface area (Å²) in [7, 11) is 0. The van der Waals surface area contributed by atoms with E-state index in [9.17, 15) is 4.79 Å². The van der Waals surface area contributed by atoms with Gasteiger partial charge in [-0.15, -0.1) is 0 Å². The van der Waals surface area contributed by atoms with Crippen molar-refractivity contribution in [3.8, 4) is 0 Å². The minimum atomic E-state index is 0.356. The van der Waals surface area contributed by atoms with Crippen molar-refractivity contribution in [3.05, 3.63) is 35.9 Å². The van der Waals surface area contributed by atoms with Crippen molar-refractivity contribution < 1.29 is 4.79 Å². The Morgan fingerprint density at radius 2 is 1.67 bits per heavy atom. The number of carbonyl (C=O) groups excluding carboxylic acids is 1. The SMILES string of the molecule is O=C(CCCCCNC1CCCCC1)N1CCN(Cc2ccccc2)CC1. The number of hydrogen-bond acceptors (Lipinski definition) is 3. The molecule has 1 aliphatic heterocycles. The first-order chi connectivity index (χ1) is 13.3.